The third-order valence-electron chi connectivity index (χ3n) is 7.89. The minimum atomic E-state index is -5.38. The topological polar surface area (TPSA) is 291 Å². The Kier molecular flexibility index (Phi) is 28.2. The molecule has 0 heterocycles. The number of unbranched alkanes of at least 4 members (excludes halogenated alkanes) is 12. The number of phosphoric acid groups is 2. The van der Waals surface area contributed by atoms with Crippen molar-refractivity contribution in [2.75, 3.05) is 13.2 Å². The number of esters is 2. The number of hydrogen-bond donors (Lipinski definition) is 8. The lowest BCUT2D eigenvalue weighted by Gasteiger charge is -2.43. The van der Waals surface area contributed by atoms with Crippen LogP contribution in [0.4, 0.5) is 0 Å². The zero-order valence-electron chi connectivity index (χ0n) is 31.8. The number of carbonyl (C=O) groups is 2. The summed E-state index contributed by atoms with van der Waals surface area (Å²) in [5, 5.41) is 40.9. The molecule has 1 aliphatic rings. The van der Waals surface area contributed by atoms with Crippen LogP contribution in [0.15, 0.2) is 0 Å². The van der Waals surface area contributed by atoms with Crippen molar-refractivity contribution >= 4 is 27.6 Å². The van der Waals surface area contributed by atoms with Crippen LogP contribution in [0.5, 0.6) is 0 Å². The first-order chi connectivity index (χ1) is 26.1. The molecule has 10 N–H and O–H groups in total. The Balaban J connectivity index is -0.000000378. The first kappa shape index (κ1) is 52.8. The maximum Gasteiger partial charge on any atom is 0.472 e. The summed E-state index contributed by atoms with van der Waals surface area (Å²) < 4.78 is 48.4. The minimum absolute atomic E-state index is 0. The fourth-order valence-corrected chi connectivity index (χ4v) is 6.68. The molecule has 4 unspecified atom stereocenters. The molecular formula is C37H73NO16P2. The normalized spacial score (nSPS) is 21.4. The van der Waals surface area contributed by atoms with E-state index in [1.165, 1.54) is 44.9 Å². The average molecular weight is 850 g/mol. The van der Waals surface area contributed by atoms with E-state index in [0.29, 0.717) is 6.42 Å². The number of hydrogen-bond acceptors (Lipinski definition) is 14. The molecule has 0 aromatic carbocycles. The number of aliphatic hydroxyl groups excluding tert-OH is 4. The summed E-state index contributed by atoms with van der Waals surface area (Å²) in [5.41, 5.74) is 0. The van der Waals surface area contributed by atoms with Gasteiger partial charge in [0.2, 0.25) is 0 Å². The first-order valence-electron chi connectivity index (χ1n) is 18.0. The van der Waals surface area contributed by atoms with Crippen LogP contribution in [0.2, 0.25) is 0 Å². The molecule has 0 aromatic heterocycles. The number of phosphoric ester groups is 2. The highest BCUT2D eigenvalue weighted by Gasteiger charge is 2.54. The van der Waals surface area contributed by atoms with Crippen LogP contribution in [-0.4, -0.2) is 103 Å². The van der Waals surface area contributed by atoms with Crippen LogP contribution in [0.25, 0.3) is 0 Å². The molecule has 0 spiro atoms. The van der Waals surface area contributed by atoms with E-state index in [9.17, 15) is 44.0 Å². The molecule has 0 amide bonds. The molecule has 1 aliphatic carbocycles. The SMILES string of the molecule is CC#CC#CC#CC#CC#CC(=O)OC[C@H](COP(=O)(O)OC1C(O)[C@@H](OP(=O)(O)O)C(O)[C@@H](O)[C@H]1O)OC(=O)CCCCCCCCCCCCCCC.N.[HH].[HH].[HH].[HH].[HH].[HH].[HH].[HH].[HH]. The van der Waals surface area contributed by atoms with E-state index in [1.54, 1.807) is 6.92 Å². The Hall–Kier alpha value is -3.24. The summed E-state index contributed by atoms with van der Waals surface area (Å²) in [4.78, 5) is 53.4. The van der Waals surface area contributed by atoms with Gasteiger partial charge in [0.05, 0.1) is 6.61 Å². The van der Waals surface area contributed by atoms with Gasteiger partial charge >= 0.3 is 27.6 Å². The molecule has 56 heavy (non-hydrogen) atoms. The third-order valence-corrected chi connectivity index (χ3v) is 9.40. The monoisotopic (exact) mass is 849 g/mol. The highest BCUT2D eigenvalue weighted by atomic mass is 31.2. The van der Waals surface area contributed by atoms with Gasteiger partial charge in [-0.3, -0.25) is 18.4 Å². The molecule has 0 radical (unpaired) electrons. The van der Waals surface area contributed by atoms with E-state index in [1.807, 2.05) is 0 Å². The van der Waals surface area contributed by atoms with Gasteiger partial charge in [0.1, 0.15) is 43.2 Å². The van der Waals surface area contributed by atoms with Gasteiger partial charge in [0.25, 0.3) is 0 Å². The maximum absolute atomic E-state index is 12.8. The number of rotatable bonds is 24. The van der Waals surface area contributed by atoms with E-state index in [2.05, 4.69) is 70.7 Å². The minimum Gasteiger partial charge on any atom is -0.456 e. The van der Waals surface area contributed by atoms with E-state index in [-0.39, 0.29) is 25.4 Å². The summed E-state index contributed by atoms with van der Waals surface area (Å²) in [6.45, 7) is 2.15. The lowest BCUT2D eigenvalue weighted by Crippen LogP contribution is -2.64. The van der Waals surface area contributed by atoms with Crippen LogP contribution in [0, 0.1) is 59.2 Å². The zero-order chi connectivity index (χ0) is 41.1. The molecule has 19 heteroatoms. The molecule has 0 bridgehead atoms. The van der Waals surface area contributed by atoms with Crippen molar-refractivity contribution < 1.29 is 89.7 Å². The predicted octanol–water partition coefficient (Wildman–Crippen LogP) is 4.77. The van der Waals surface area contributed by atoms with Gasteiger partial charge < -0.3 is 50.7 Å². The van der Waals surface area contributed by atoms with Crippen molar-refractivity contribution in [3.8, 4) is 59.2 Å². The molecule has 17 nitrogen and oxygen atoms in total. The van der Waals surface area contributed by atoms with Crippen molar-refractivity contribution in [2.24, 2.45) is 0 Å². The second-order valence-electron chi connectivity index (χ2n) is 12.4. The highest BCUT2D eigenvalue weighted by molar-refractivity contribution is 7.47. The first-order valence-corrected chi connectivity index (χ1v) is 21.0. The molecule has 8 atom stereocenters. The molecule has 0 aliphatic heterocycles. The Morgan fingerprint density at radius 2 is 1.11 bits per heavy atom. The van der Waals surface area contributed by atoms with Gasteiger partial charge in [-0.05, 0) is 60.7 Å². The average Bonchev–Trinajstić information content (AvgIpc) is 3.13. The maximum atomic E-state index is 12.8. The highest BCUT2D eigenvalue weighted by Crippen LogP contribution is 2.49. The van der Waals surface area contributed by atoms with Gasteiger partial charge in [-0.15, -0.1) is 0 Å². The van der Waals surface area contributed by atoms with Gasteiger partial charge in [0.15, 0.2) is 6.10 Å². The van der Waals surface area contributed by atoms with Crippen LogP contribution < -0.4 is 6.15 Å². The van der Waals surface area contributed by atoms with Crippen LogP contribution >= 0.6 is 15.6 Å². The van der Waals surface area contributed by atoms with Gasteiger partial charge in [-0.1, -0.05) is 89.9 Å². The van der Waals surface area contributed by atoms with Crippen molar-refractivity contribution in [1.82, 2.24) is 6.15 Å². The second-order valence-corrected chi connectivity index (χ2v) is 15.0. The molecule has 0 saturated heterocycles. The lowest BCUT2D eigenvalue weighted by molar-refractivity contribution is -0.216. The van der Waals surface area contributed by atoms with Crippen LogP contribution in [0.1, 0.15) is 117 Å². The number of ether oxygens (including phenoxy) is 2. The van der Waals surface area contributed by atoms with Crippen LogP contribution in [0.3, 0.4) is 0 Å². The van der Waals surface area contributed by atoms with E-state index >= 15 is 0 Å². The lowest BCUT2D eigenvalue weighted by atomic mass is 9.85. The Morgan fingerprint density at radius 1 is 0.643 bits per heavy atom. The quantitative estimate of drug-likeness (QED) is 0.0213. The molecule has 332 valence electrons. The van der Waals surface area contributed by atoms with Gasteiger partial charge in [-0.25, -0.2) is 13.9 Å². The number of aliphatic hydroxyl groups is 4. The van der Waals surface area contributed by atoms with Crippen molar-refractivity contribution in [1.29, 1.82) is 0 Å². The summed E-state index contributed by atoms with van der Waals surface area (Å²) in [5.74, 6) is 21.7. The van der Waals surface area contributed by atoms with Crippen LogP contribution in [-0.2, 0) is 41.8 Å². The fraction of sp³-hybridized carbons (Fsp3) is 0.676. The van der Waals surface area contributed by atoms with Gasteiger partial charge in [-0.2, -0.15) is 0 Å². The summed E-state index contributed by atoms with van der Waals surface area (Å²) in [7, 11) is -10.7. The largest absolute Gasteiger partial charge is 0.472 e. The predicted molar refractivity (Wildman–Crippen MR) is 221 cm³/mol. The summed E-state index contributed by atoms with van der Waals surface area (Å²) in [6.07, 6.45) is -0.967. The Bertz CT molecular complexity index is 1650. The Morgan fingerprint density at radius 3 is 1.61 bits per heavy atom. The van der Waals surface area contributed by atoms with E-state index < -0.39 is 83.5 Å². The Labute approximate surface area is 342 Å². The summed E-state index contributed by atoms with van der Waals surface area (Å²) >= 11 is 0. The molecule has 1 rings (SSSR count). The summed E-state index contributed by atoms with van der Waals surface area (Å²) in [6, 6.07) is 0. The van der Waals surface area contributed by atoms with E-state index in [4.69, 9.17) is 28.3 Å². The molecule has 0 aromatic rings. The van der Waals surface area contributed by atoms with Crippen molar-refractivity contribution in [3.63, 3.8) is 0 Å². The second kappa shape index (κ2) is 29.9. The van der Waals surface area contributed by atoms with Gasteiger partial charge in [0, 0.05) is 25.2 Å². The van der Waals surface area contributed by atoms with E-state index in [0.717, 1.165) is 32.1 Å². The standard InChI is InChI=1S/C37H52O16P2.H3N.9H2/c1-3-5-7-9-11-13-14-15-16-18-20-22-24-26-31(39)51-29(27-49-30(38)25-23-21-19-17-12-10-8-6-4-2)28-50-55(47,48)53-37-34(42)32(40)33(41)36(35(37)43)52-54(44,45)46;;;;;;;;;;/h29,32-37,40-43H,3,5,7,9,11,13-16,18,20,22,24,26-28H2,1-2H3,(H,47,48)(H2,44,45,46);1H3;9*1H/t29-,32-,33?,34-,35?,36+,37?;;;;;;;;;;/m1........../s1. The number of carbonyl (C=O) groups excluding carboxylic acids is 2. The van der Waals surface area contributed by atoms with Crippen molar-refractivity contribution in [3.05, 3.63) is 0 Å². The third kappa shape index (κ3) is 24.4. The van der Waals surface area contributed by atoms with Crippen molar-refractivity contribution in [2.45, 2.75) is 146 Å². The smallest absolute Gasteiger partial charge is 0.456 e. The molecule has 1 saturated carbocycles. The fourth-order valence-electron chi connectivity index (χ4n) is 5.14. The zero-order valence-corrected chi connectivity index (χ0v) is 33.6. The molecule has 1 fully saturated rings. The molecular weight excluding hydrogens is 776 g/mol.